The van der Waals surface area contributed by atoms with Crippen LogP contribution < -0.4 is 0 Å². The number of nitrogens with zero attached hydrogens (tertiary/aromatic N) is 1. The highest BCUT2D eigenvalue weighted by atomic mass is 15.1. The van der Waals surface area contributed by atoms with Crippen LogP contribution in [0.4, 0.5) is 0 Å². The van der Waals surface area contributed by atoms with Crippen LogP contribution in [-0.2, 0) is 0 Å². The minimum Gasteiger partial charge on any atom is -0.303 e. The molecular weight excluding hydrogens is 218 g/mol. The van der Waals surface area contributed by atoms with Gasteiger partial charge < -0.3 is 4.90 Å². The molecule has 0 aromatic heterocycles. The SMILES string of the molecule is CCCN1CCC(c2cccc3ccccc23)C1. The summed E-state index contributed by atoms with van der Waals surface area (Å²) in [5.74, 6) is 0.725. The van der Waals surface area contributed by atoms with E-state index in [1.165, 1.54) is 43.2 Å². The van der Waals surface area contributed by atoms with Gasteiger partial charge in [-0.3, -0.25) is 0 Å². The summed E-state index contributed by atoms with van der Waals surface area (Å²) in [6.45, 7) is 6.02. The lowest BCUT2D eigenvalue weighted by Gasteiger charge is -2.16. The predicted octanol–water partition coefficient (Wildman–Crippen LogP) is 4.04. The van der Waals surface area contributed by atoms with Crippen LogP contribution in [0.15, 0.2) is 42.5 Å². The number of likely N-dealkylation sites (tertiary alicyclic amines) is 1. The molecule has 1 atom stereocenters. The van der Waals surface area contributed by atoms with E-state index < -0.39 is 0 Å². The smallest absolute Gasteiger partial charge is 0.00510 e. The van der Waals surface area contributed by atoms with E-state index in [1.807, 2.05) is 0 Å². The first-order valence-electron chi connectivity index (χ1n) is 7.08. The molecule has 0 aliphatic carbocycles. The molecular formula is C17H21N. The summed E-state index contributed by atoms with van der Waals surface area (Å²) < 4.78 is 0. The third-order valence-electron chi connectivity index (χ3n) is 4.08. The topological polar surface area (TPSA) is 3.24 Å². The van der Waals surface area contributed by atoms with E-state index in [0.29, 0.717) is 0 Å². The number of benzene rings is 2. The summed E-state index contributed by atoms with van der Waals surface area (Å²) in [5.41, 5.74) is 1.55. The molecule has 94 valence electrons. The van der Waals surface area contributed by atoms with Crippen molar-refractivity contribution in [3.8, 4) is 0 Å². The zero-order valence-corrected chi connectivity index (χ0v) is 11.1. The molecule has 1 saturated heterocycles. The Morgan fingerprint density at radius 3 is 2.83 bits per heavy atom. The summed E-state index contributed by atoms with van der Waals surface area (Å²) >= 11 is 0. The maximum atomic E-state index is 2.60. The van der Waals surface area contributed by atoms with Crippen molar-refractivity contribution in [2.75, 3.05) is 19.6 Å². The number of fused-ring (bicyclic) bond motifs is 1. The Kier molecular flexibility index (Phi) is 3.33. The average molecular weight is 239 g/mol. The molecule has 1 nitrogen and oxygen atoms in total. The fraction of sp³-hybridized carbons (Fsp3) is 0.412. The van der Waals surface area contributed by atoms with Crippen LogP contribution in [0.1, 0.15) is 31.2 Å². The zero-order valence-electron chi connectivity index (χ0n) is 11.1. The average Bonchev–Trinajstić information content (AvgIpc) is 2.87. The third-order valence-corrected chi connectivity index (χ3v) is 4.08. The first kappa shape index (κ1) is 11.7. The highest BCUT2D eigenvalue weighted by molar-refractivity contribution is 5.86. The fourth-order valence-corrected chi connectivity index (χ4v) is 3.21. The summed E-state index contributed by atoms with van der Waals surface area (Å²) in [5, 5.41) is 2.83. The van der Waals surface area contributed by atoms with E-state index in [4.69, 9.17) is 0 Å². The molecule has 1 heteroatoms. The third kappa shape index (κ3) is 2.15. The molecule has 1 fully saturated rings. The fourth-order valence-electron chi connectivity index (χ4n) is 3.21. The minimum atomic E-state index is 0.725. The Morgan fingerprint density at radius 1 is 1.11 bits per heavy atom. The summed E-state index contributed by atoms with van der Waals surface area (Å²) in [4.78, 5) is 2.60. The monoisotopic (exact) mass is 239 g/mol. The van der Waals surface area contributed by atoms with Gasteiger partial charge in [-0.05, 0) is 48.2 Å². The molecule has 1 aliphatic rings. The Bertz CT molecular complexity index is 527. The lowest BCUT2D eigenvalue weighted by Crippen LogP contribution is -2.20. The first-order chi connectivity index (χ1) is 8.88. The van der Waals surface area contributed by atoms with Gasteiger partial charge in [-0.25, -0.2) is 0 Å². The Hall–Kier alpha value is -1.34. The van der Waals surface area contributed by atoms with Crippen LogP contribution in [0.3, 0.4) is 0 Å². The van der Waals surface area contributed by atoms with Crippen LogP contribution >= 0.6 is 0 Å². The van der Waals surface area contributed by atoms with Gasteiger partial charge >= 0.3 is 0 Å². The lowest BCUT2D eigenvalue weighted by atomic mass is 9.93. The Labute approximate surface area is 109 Å². The second-order valence-electron chi connectivity index (χ2n) is 5.35. The molecule has 0 N–H and O–H groups in total. The second-order valence-corrected chi connectivity index (χ2v) is 5.35. The van der Waals surface area contributed by atoms with Crippen molar-refractivity contribution < 1.29 is 0 Å². The maximum Gasteiger partial charge on any atom is 0.00510 e. The normalized spacial score (nSPS) is 20.6. The molecule has 1 unspecified atom stereocenters. The molecule has 1 heterocycles. The maximum absolute atomic E-state index is 2.60. The molecule has 2 aromatic rings. The van der Waals surface area contributed by atoms with Crippen molar-refractivity contribution in [3.05, 3.63) is 48.0 Å². The number of rotatable bonds is 3. The van der Waals surface area contributed by atoms with Gasteiger partial charge in [0, 0.05) is 6.54 Å². The quantitative estimate of drug-likeness (QED) is 0.781. The lowest BCUT2D eigenvalue weighted by molar-refractivity contribution is 0.335. The van der Waals surface area contributed by atoms with Gasteiger partial charge in [0.1, 0.15) is 0 Å². The summed E-state index contributed by atoms with van der Waals surface area (Å²) in [7, 11) is 0. The van der Waals surface area contributed by atoms with E-state index in [1.54, 1.807) is 5.56 Å². The molecule has 0 bridgehead atoms. The van der Waals surface area contributed by atoms with E-state index in [0.717, 1.165) is 5.92 Å². The molecule has 18 heavy (non-hydrogen) atoms. The molecule has 3 rings (SSSR count). The van der Waals surface area contributed by atoms with E-state index in [9.17, 15) is 0 Å². The number of hydrogen-bond acceptors (Lipinski definition) is 1. The molecule has 2 aromatic carbocycles. The molecule has 0 spiro atoms. The van der Waals surface area contributed by atoms with Crippen LogP contribution in [0.2, 0.25) is 0 Å². The highest BCUT2D eigenvalue weighted by Crippen LogP contribution is 2.32. The standard InChI is InChI=1S/C17H21N/c1-2-11-18-12-10-15(13-18)17-9-5-7-14-6-3-4-8-16(14)17/h3-9,15H,2,10-13H2,1H3. The van der Waals surface area contributed by atoms with Crippen molar-refractivity contribution in [1.29, 1.82) is 0 Å². The van der Waals surface area contributed by atoms with Gasteiger partial charge in [0.2, 0.25) is 0 Å². The minimum absolute atomic E-state index is 0.725. The van der Waals surface area contributed by atoms with Gasteiger partial charge in [0.05, 0.1) is 0 Å². The van der Waals surface area contributed by atoms with Gasteiger partial charge in [-0.15, -0.1) is 0 Å². The van der Waals surface area contributed by atoms with Crippen LogP contribution in [0, 0.1) is 0 Å². The summed E-state index contributed by atoms with van der Waals surface area (Å²) in [6, 6.07) is 15.5. The zero-order chi connectivity index (χ0) is 12.4. The molecule has 0 saturated carbocycles. The highest BCUT2D eigenvalue weighted by Gasteiger charge is 2.24. The van der Waals surface area contributed by atoms with Gasteiger partial charge in [0.25, 0.3) is 0 Å². The van der Waals surface area contributed by atoms with E-state index in [-0.39, 0.29) is 0 Å². The van der Waals surface area contributed by atoms with E-state index >= 15 is 0 Å². The largest absolute Gasteiger partial charge is 0.303 e. The van der Waals surface area contributed by atoms with Crippen molar-refractivity contribution >= 4 is 10.8 Å². The van der Waals surface area contributed by atoms with Crippen molar-refractivity contribution in [3.63, 3.8) is 0 Å². The van der Waals surface area contributed by atoms with Crippen LogP contribution in [0.5, 0.6) is 0 Å². The van der Waals surface area contributed by atoms with Gasteiger partial charge in [-0.2, -0.15) is 0 Å². The Morgan fingerprint density at radius 2 is 1.94 bits per heavy atom. The second kappa shape index (κ2) is 5.11. The Balaban J connectivity index is 1.91. The van der Waals surface area contributed by atoms with Crippen LogP contribution in [0.25, 0.3) is 10.8 Å². The van der Waals surface area contributed by atoms with E-state index in [2.05, 4.69) is 54.3 Å². The molecule has 0 radical (unpaired) electrons. The number of hydrogen-bond donors (Lipinski definition) is 0. The van der Waals surface area contributed by atoms with Gasteiger partial charge in [-0.1, -0.05) is 49.4 Å². The predicted molar refractivity (Wildman–Crippen MR) is 78.0 cm³/mol. The summed E-state index contributed by atoms with van der Waals surface area (Å²) in [6.07, 6.45) is 2.58. The van der Waals surface area contributed by atoms with Crippen LogP contribution in [-0.4, -0.2) is 24.5 Å². The molecule has 0 amide bonds. The van der Waals surface area contributed by atoms with Crippen molar-refractivity contribution in [2.24, 2.45) is 0 Å². The molecule has 1 aliphatic heterocycles. The first-order valence-corrected chi connectivity index (χ1v) is 7.08. The van der Waals surface area contributed by atoms with Crippen molar-refractivity contribution in [2.45, 2.75) is 25.7 Å². The van der Waals surface area contributed by atoms with Crippen molar-refractivity contribution in [1.82, 2.24) is 4.90 Å². The van der Waals surface area contributed by atoms with Gasteiger partial charge in [0.15, 0.2) is 0 Å².